The lowest BCUT2D eigenvalue weighted by molar-refractivity contribution is -0.257. The Morgan fingerprint density at radius 2 is 1.85 bits per heavy atom. The molecular formula is C18H17F3N2O3. The van der Waals surface area contributed by atoms with Crippen molar-refractivity contribution in [2.45, 2.75) is 37.1 Å². The fourth-order valence-corrected chi connectivity index (χ4v) is 2.88. The standard InChI is InChI=1S/C18H17F3N2O3/c19-18(20,21)17(26,12-4-2-1-3-5-12)16(25)23-10-14-13(11-6-7-11)8-9-22-15(14)24/h1-5,8-9,11,26H,6-7,10H2,(H,22,24)(H,23,25). The van der Waals surface area contributed by atoms with E-state index in [2.05, 4.69) is 10.3 Å². The van der Waals surface area contributed by atoms with Crippen LogP contribution in [0.2, 0.25) is 0 Å². The normalized spacial score (nSPS) is 16.8. The van der Waals surface area contributed by atoms with E-state index in [0.717, 1.165) is 25.0 Å². The number of H-pyrrole nitrogens is 1. The van der Waals surface area contributed by atoms with E-state index in [-0.39, 0.29) is 11.5 Å². The zero-order valence-electron chi connectivity index (χ0n) is 13.6. The van der Waals surface area contributed by atoms with E-state index >= 15 is 0 Å². The molecular weight excluding hydrogens is 349 g/mol. The third kappa shape index (κ3) is 3.24. The number of aliphatic hydroxyl groups is 1. The highest BCUT2D eigenvalue weighted by atomic mass is 19.4. The molecule has 1 saturated carbocycles. The van der Waals surface area contributed by atoms with Crippen molar-refractivity contribution in [3.05, 3.63) is 69.6 Å². The van der Waals surface area contributed by atoms with Gasteiger partial charge in [0.2, 0.25) is 0 Å². The first-order valence-electron chi connectivity index (χ1n) is 8.08. The van der Waals surface area contributed by atoms with E-state index in [9.17, 15) is 27.9 Å². The number of halogens is 3. The molecule has 3 N–H and O–H groups in total. The number of alkyl halides is 3. The first-order chi connectivity index (χ1) is 12.2. The number of pyridine rings is 1. The average Bonchev–Trinajstić information content (AvgIpc) is 3.44. The molecule has 1 aliphatic rings. The van der Waals surface area contributed by atoms with Gasteiger partial charge in [0.15, 0.2) is 0 Å². The maximum atomic E-state index is 13.5. The van der Waals surface area contributed by atoms with Gasteiger partial charge in [-0.05, 0) is 30.4 Å². The highest BCUT2D eigenvalue weighted by molar-refractivity contribution is 5.87. The smallest absolute Gasteiger partial charge is 0.369 e. The Morgan fingerprint density at radius 3 is 2.42 bits per heavy atom. The summed E-state index contributed by atoms with van der Waals surface area (Å²) in [6, 6.07) is 7.81. The minimum atomic E-state index is -5.22. The molecule has 1 fully saturated rings. The fourth-order valence-electron chi connectivity index (χ4n) is 2.88. The average molecular weight is 366 g/mol. The van der Waals surface area contributed by atoms with Crippen LogP contribution in [0.15, 0.2) is 47.4 Å². The van der Waals surface area contributed by atoms with Crippen LogP contribution in [-0.2, 0) is 16.9 Å². The molecule has 0 bridgehead atoms. The molecule has 1 aromatic heterocycles. The highest BCUT2D eigenvalue weighted by Crippen LogP contribution is 2.41. The van der Waals surface area contributed by atoms with Gasteiger partial charge in [-0.2, -0.15) is 13.2 Å². The number of carbonyl (C=O) groups excluding carboxylic acids is 1. The largest absolute Gasteiger partial charge is 0.430 e. The number of aromatic nitrogens is 1. The molecule has 1 aliphatic carbocycles. The SMILES string of the molecule is O=C(NCc1c(C2CC2)cc[nH]c1=O)C(O)(c1ccccc1)C(F)(F)F. The van der Waals surface area contributed by atoms with Gasteiger partial charge in [-0.1, -0.05) is 30.3 Å². The van der Waals surface area contributed by atoms with Crippen molar-refractivity contribution in [3.8, 4) is 0 Å². The Morgan fingerprint density at radius 1 is 1.19 bits per heavy atom. The van der Waals surface area contributed by atoms with Crippen LogP contribution in [0.5, 0.6) is 0 Å². The Hall–Kier alpha value is -2.61. The van der Waals surface area contributed by atoms with Crippen molar-refractivity contribution >= 4 is 5.91 Å². The van der Waals surface area contributed by atoms with Crippen LogP contribution in [0.4, 0.5) is 13.2 Å². The molecule has 26 heavy (non-hydrogen) atoms. The van der Waals surface area contributed by atoms with Crippen molar-refractivity contribution in [1.29, 1.82) is 0 Å². The highest BCUT2D eigenvalue weighted by Gasteiger charge is 2.60. The summed E-state index contributed by atoms with van der Waals surface area (Å²) < 4.78 is 40.5. The zero-order valence-corrected chi connectivity index (χ0v) is 13.6. The third-order valence-electron chi connectivity index (χ3n) is 4.47. The maximum Gasteiger partial charge on any atom is 0.430 e. The number of benzene rings is 1. The van der Waals surface area contributed by atoms with Crippen molar-refractivity contribution < 1.29 is 23.1 Å². The van der Waals surface area contributed by atoms with Crippen LogP contribution in [0.3, 0.4) is 0 Å². The predicted molar refractivity (Wildman–Crippen MR) is 87.3 cm³/mol. The van der Waals surface area contributed by atoms with Gasteiger partial charge >= 0.3 is 6.18 Å². The second-order valence-corrected chi connectivity index (χ2v) is 6.27. The number of hydrogen-bond donors (Lipinski definition) is 3. The first kappa shape index (κ1) is 18.2. The summed E-state index contributed by atoms with van der Waals surface area (Å²) in [5.41, 5.74) is -3.83. The van der Waals surface area contributed by atoms with Gasteiger partial charge in [0, 0.05) is 23.9 Å². The summed E-state index contributed by atoms with van der Waals surface area (Å²) in [7, 11) is 0. The molecule has 1 atom stereocenters. The van der Waals surface area contributed by atoms with Crippen LogP contribution in [0, 0.1) is 0 Å². The van der Waals surface area contributed by atoms with Gasteiger partial charge in [-0.25, -0.2) is 0 Å². The lowest BCUT2D eigenvalue weighted by atomic mass is 9.92. The fraction of sp³-hybridized carbons (Fsp3) is 0.333. The van der Waals surface area contributed by atoms with Crippen molar-refractivity contribution in [2.75, 3.05) is 0 Å². The van der Waals surface area contributed by atoms with Gasteiger partial charge in [0.25, 0.3) is 17.1 Å². The zero-order chi connectivity index (χ0) is 18.9. The van der Waals surface area contributed by atoms with Crippen LogP contribution >= 0.6 is 0 Å². The molecule has 1 heterocycles. The number of rotatable bonds is 5. The Balaban J connectivity index is 1.88. The second-order valence-electron chi connectivity index (χ2n) is 6.27. The monoisotopic (exact) mass is 366 g/mol. The van der Waals surface area contributed by atoms with Gasteiger partial charge in [-0.3, -0.25) is 9.59 Å². The molecule has 2 aromatic rings. The number of amides is 1. The lowest BCUT2D eigenvalue weighted by Gasteiger charge is -2.29. The van der Waals surface area contributed by atoms with E-state index in [4.69, 9.17) is 0 Å². The maximum absolute atomic E-state index is 13.5. The Bertz CT molecular complexity index is 860. The van der Waals surface area contributed by atoms with Crippen LogP contribution < -0.4 is 10.9 Å². The molecule has 0 radical (unpaired) electrons. The van der Waals surface area contributed by atoms with Crippen molar-refractivity contribution in [3.63, 3.8) is 0 Å². The summed E-state index contributed by atoms with van der Waals surface area (Å²) in [6.45, 7) is -0.397. The predicted octanol–water partition coefficient (Wildman–Crippen LogP) is 2.32. The number of carbonyl (C=O) groups is 1. The summed E-state index contributed by atoms with van der Waals surface area (Å²) in [5, 5.41) is 12.3. The van der Waals surface area contributed by atoms with E-state index < -0.39 is 35.4 Å². The summed E-state index contributed by atoms with van der Waals surface area (Å²) >= 11 is 0. The molecule has 8 heteroatoms. The first-order valence-corrected chi connectivity index (χ1v) is 8.08. The van der Waals surface area contributed by atoms with Gasteiger partial charge < -0.3 is 15.4 Å². The molecule has 138 valence electrons. The van der Waals surface area contributed by atoms with Crippen molar-refractivity contribution in [1.82, 2.24) is 10.3 Å². The van der Waals surface area contributed by atoms with Crippen molar-refractivity contribution in [2.24, 2.45) is 0 Å². The summed E-state index contributed by atoms with van der Waals surface area (Å²) in [6.07, 6.45) is -1.97. The number of aromatic amines is 1. The van der Waals surface area contributed by atoms with Crippen LogP contribution in [-0.4, -0.2) is 22.2 Å². The second kappa shape index (κ2) is 6.60. The van der Waals surface area contributed by atoms with E-state index in [1.807, 2.05) is 0 Å². The number of nitrogens with one attached hydrogen (secondary N) is 2. The van der Waals surface area contributed by atoms with Gasteiger partial charge in [-0.15, -0.1) is 0 Å². The molecule has 0 aliphatic heterocycles. The van der Waals surface area contributed by atoms with E-state index in [1.165, 1.54) is 24.4 Å². The lowest BCUT2D eigenvalue weighted by Crippen LogP contribution is -2.54. The molecule has 0 spiro atoms. The van der Waals surface area contributed by atoms with E-state index in [0.29, 0.717) is 5.56 Å². The minimum Gasteiger partial charge on any atom is -0.369 e. The van der Waals surface area contributed by atoms with Gasteiger partial charge in [0.1, 0.15) is 0 Å². The van der Waals surface area contributed by atoms with Crippen LogP contribution in [0.1, 0.15) is 35.4 Å². The topological polar surface area (TPSA) is 82.2 Å². The Kier molecular flexibility index (Phi) is 4.62. The minimum absolute atomic E-state index is 0.180. The molecule has 3 rings (SSSR count). The summed E-state index contributed by atoms with van der Waals surface area (Å²) in [4.78, 5) is 26.8. The van der Waals surface area contributed by atoms with E-state index in [1.54, 1.807) is 6.07 Å². The molecule has 5 nitrogen and oxygen atoms in total. The van der Waals surface area contributed by atoms with Gasteiger partial charge in [0.05, 0.1) is 0 Å². The molecule has 0 saturated heterocycles. The molecule has 1 amide bonds. The van der Waals surface area contributed by atoms with Crippen LogP contribution in [0.25, 0.3) is 0 Å². The Labute approximate surface area is 146 Å². The summed E-state index contributed by atoms with van der Waals surface area (Å²) in [5.74, 6) is -1.44. The molecule has 1 aromatic carbocycles. The molecule has 1 unspecified atom stereocenters. The quantitative estimate of drug-likeness (QED) is 0.760. The number of hydrogen-bond acceptors (Lipinski definition) is 3. The third-order valence-corrected chi connectivity index (χ3v) is 4.47.